The van der Waals surface area contributed by atoms with Crippen molar-refractivity contribution in [3.8, 4) is 22.3 Å². The Labute approximate surface area is 227 Å². The number of benzene rings is 3. The van der Waals surface area contributed by atoms with Crippen molar-refractivity contribution in [3.05, 3.63) is 96.2 Å². The molecule has 2 N–H and O–H groups in total. The molecule has 0 aliphatic carbocycles. The first-order valence-electron chi connectivity index (χ1n) is 12.9. The van der Waals surface area contributed by atoms with Crippen molar-refractivity contribution in [1.82, 2.24) is 9.78 Å². The molecule has 2 unspecified atom stereocenters. The molecule has 2 atom stereocenters. The number of anilines is 1. The summed E-state index contributed by atoms with van der Waals surface area (Å²) in [7, 11) is 1.76. The van der Waals surface area contributed by atoms with E-state index in [4.69, 9.17) is 9.47 Å². The van der Waals surface area contributed by atoms with E-state index in [1.165, 1.54) is 0 Å². The first-order chi connectivity index (χ1) is 18.9. The van der Waals surface area contributed by atoms with Crippen molar-refractivity contribution in [2.24, 2.45) is 13.0 Å². The maximum atomic E-state index is 12.6. The predicted molar refractivity (Wildman–Crippen MR) is 148 cm³/mol. The molecule has 200 valence electrons. The summed E-state index contributed by atoms with van der Waals surface area (Å²) < 4.78 is 12.4. The Bertz CT molecular complexity index is 1430. The summed E-state index contributed by atoms with van der Waals surface area (Å²) in [6.45, 7) is 3.10. The molecule has 1 aromatic heterocycles. The zero-order valence-corrected chi connectivity index (χ0v) is 21.9. The molecule has 3 aromatic carbocycles. The van der Waals surface area contributed by atoms with Gasteiger partial charge >= 0.3 is 12.1 Å². The van der Waals surface area contributed by atoms with Gasteiger partial charge in [-0.1, -0.05) is 78.9 Å². The molecule has 4 aromatic rings. The van der Waals surface area contributed by atoms with Crippen LogP contribution in [0.1, 0.15) is 36.5 Å². The zero-order chi connectivity index (χ0) is 27.4. The topological polar surface area (TPSA) is 103 Å². The van der Waals surface area contributed by atoms with Crippen LogP contribution in [0.5, 0.6) is 0 Å². The number of carbonyl (C=O) groups is 2. The summed E-state index contributed by atoms with van der Waals surface area (Å²) in [5.41, 5.74) is 5.36. The summed E-state index contributed by atoms with van der Waals surface area (Å²) in [4.78, 5) is 24.5. The molecule has 0 spiro atoms. The third-order valence-corrected chi connectivity index (χ3v) is 7.13. The van der Waals surface area contributed by atoms with Crippen LogP contribution < -0.4 is 5.32 Å². The molecule has 1 saturated heterocycles. The number of amides is 1. The number of aliphatic carboxylic acids is 1. The molecule has 1 aliphatic heterocycles. The van der Waals surface area contributed by atoms with Crippen LogP contribution >= 0.6 is 0 Å². The SMILES string of the molecule is CC(OC(=O)Nc1c(-c2ccc(-c3ccc(C(CC4COC4)C(=O)O)cc3)cc2)cnn1C)c1ccccc1. The molecule has 8 heteroatoms. The van der Waals surface area contributed by atoms with Crippen LogP contribution in [0.25, 0.3) is 22.3 Å². The van der Waals surface area contributed by atoms with Gasteiger partial charge in [0.2, 0.25) is 0 Å². The number of aromatic nitrogens is 2. The molecule has 0 saturated carbocycles. The van der Waals surface area contributed by atoms with Gasteiger partial charge in [-0.15, -0.1) is 0 Å². The normalized spacial score (nSPS) is 14.7. The van der Waals surface area contributed by atoms with Gasteiger partial charge in [0, 0.05) is 18.5 Å². The second-order valence-corrected chi connectivity index (χ2v) is 9.84. The molecule has 1 fully saturated rings. The van der Waals surface area contributed by atoms with Crippen LogP contribution in [-0.2, 0) is 21.3 Å². The fraction of sp³-hybridized carbons (Fsp3) is 0.258. The van der Waals surface area contributed by atoms with Gasteiger partial charge in [-0.3, -0.25) is 14.8 Å². The second kappa shape index (κ2) is 11.5. The van der Waals surface area contributed by atoms with E-state index in [1.807, 2.05) is 85.8 Å². The maximum Gasteiger partial charge on any atom is 0.413 e. The summed E-state index contributed by atoms with van der Waals surface area (Å²) in [5, 5.41) is 16.9. The van der Waals surface area contributed by atoms with E-state index in [1.54, 1.807) is 17.9 Å². The molecular formula is C31H31N3O5. The number of aryl methyl sites for hydroxylation is 1. The number of carboxylic acid groups (broad SMARTS) is 1. The van der Waals surface area contributed by atoms with Crippen LogP contribution in [-0.4, -0.2) is 40.2 Å². The second-order valence-electron chi connectivity index (χ2n) is 9.84. The highest BCUT2D eigenvalue weighted by Crippen LogP contribution is 2.32. The number of hydrogen-bond acceptors (Lipinski definition) is 5. The van der Waals surface area contributed by atoms with E-state index in [9.17, 15) is 14.7 Å². The van der Waals surface area contributed by atoms with Gasteiger partial charge in [0.1, 0.15) is 11.9 Å². The van der Waals surface area contributed by atoms with Crippen LogP contribution in [0.15, 0.2) is 85.1 Å². The minimum atomic E-state index is -0.807. The largest absolute Gasteiger partial charge is 0.481 e. The molecule has 5 rings (SSSR count). The number of carboxylic acids is 1. The summed E-state index contributed by atoms with van der Waals surface area (Å²) >= 11 is 0. The number of ether oxygens (including phenoxy) is 2. The first kappa shape index (κ1) is 26.2. The van der Waals surface area contributed by atoms with Crippen molar-refractivity contribution >= 4 is 17.9 Å². The lowest BCUT2D eigenvalue weighted by Crippen LogP contribution is -2.30. The van der Waals surface area contributed by atoms with E-state index in [0.717, 1.165) is 33.4 Å². The van der Waals surface area contributed by atoms with Crippen LogP contribution in [0, 0.1) is 5.92 Å². The highest BCUT2D eigenvalue weighted by Gasteiger charge is 2.28. The average Bonchev–Trinajstić information content (AvgIpc) is 3.28. The Morgan fingerprint density at radius 3 is 2.18 bits per heavy atom. The van der Waals surface area contributed by atoms with E-state index in [2.05, 4.69) is 10.4 Å². The smallest absolute Gasteiger partial charge is 0.413 e. The Morgan fingerprint density at radius 1 is 0.974 bits per heavy atom. The molecule has 0 radical (unpaired) electrons. The van der Waals surface area contributed by atoms with Gasteiger partial charge in [0.15, 0.2) is 0 Å². The number of hydrogen-bond donors (Lipinski definition) is 2. The first-order valence-corrected chi connectivity index (χ1v) is 12.9. The molecule has 8 nitrogen and oxygen atoms in total. The van der Waals surface area contributed by atoms with Crippen LogP contribution in [0.2, 0.25) is 0 Å². The fourth-order valence-electron chi connectivity index (χ4n) is 4.76. The predicted octanol–water partition coefficient (Wildman–Crippen LogP) is 6.27. The Balaban J connectivity index is 1.27. The molecule has 0 bridgehead atoms. The molecule has 2 heterocycles. The molecular weight excluding hydrogens is 494 g/mol. The van der Waals surface area contributed by atoms with Gasteiger partial charge in [-0.05, 0) is 41.2 Å². The number of carbonyl (C=O) groups excluding carboxylic acids is 1. The lowest BCUT2D eigenvalue weighted by atomic mass is 9.87. The van der Waals surface area contributed by atoms with Crippen LogP contribution in [0.3, 0.4) is 0 Å². The summed E-state index contributed by atoms with van der Waals surface area (Å²) in [6.07, 6.45) is 1.34. The van der Waals surface area contributed by atoms with Crippen molar-refractivity contribution < 1.29 is 24.2 Å². The number of nitrogens with zero attached hydrogens (tertiary/aromatic N) is 2. The molecule has 39 heavy (non-hydrogen) atoms. The van der Waals surface area contributed by atoms with Gasteiger partial charge < -0.3 is 14.6 Å². The van der Waals surface area contributed by atoms with Gasteiger partial charge in [-0.25, -0.2) is 4.79 Å². The molecule has 1 amide bonds. The van der Waals surface area contributed by atoms with Crippen molar-refractivity contribution in [3.63, 3.8) is 0 Å². The lowest BCUT2D eigenvalue weighted by molar-refractivity contribution is -0.140. The highest BCUT2D eigenvalue weighted by molar-refractivity contribution is 5.90. The Hall–Kier alpha value is -4.43. The van der Waals surface area contributed by atoms with Crippen LogP contribution in [0.4, 0.5) is 10.6 Å². The van der Waals surface area contributed by atoms with Gasteiger partial charge in [0.05, 0.1) is 25.3 Å². The fourth-order valence-corrected chi connectivity index (χ4v) is 4.76. The maximum absolute atomic E-state index is 12.6. The highest BCUT2D eigenvalue weighted by atomic mass is 16.6. The zero-order valence-electron chi connectivity index (χ0n) is 21.9. The molecule has 1 aliphatic rings. The third-order valence-electron chi connectivity index (χ3n) is 7.13. The van der Waals surface area contributed by atoms with E-state index < -0.39 is 24.1 Å². The monoisotopic (exact) mass is 525 g/mol. The minimum Gasteiger partial charge on any atom is -0.481 e. The van der Waals surface area contributed by atoms with Crippen molar-refractivity contribution in [1.29, 1.82) is 0 Å². The van der Waals surface area contributed by atoms with Gasteiger partial charge in [0.25, 0.3) is 0 Å². The average molecular weight is 526 g/mol. The van der Waals surface area contributed by atoms with Crippen molar-refractivity contribution in [2.45, 2.75) is 25.4 Å². The van der Waals surface area contributed by atoms with Crippen molar-refractivity contribution in [2.75, 3.05) is 18.5 Å². The summed E-state index contributed by atoms with van der Waals surface area (Å²) in [6, 6.07) is 25.2. The lowest BCUT2D eigenvalue weighted by Gasteiger charge is -2.28. The number of rotatable bonds is 9. The van der Waals surface area contributed by atoms with E-state index in [0.29, 0.717) is 31.4 Å². The Kier molecular flexibility index (Phi) is 7.74. The van der Waals surface area contributed by atoms with Gasteiger partial charge in [-0.2, -0.15) is 5.10 Å². The summed E-state index contributed by atoms with van der Waals surface area (Å²) in [5.74, 6) is -0.499. The third kappa shape index (κ3) is 6.02. The van der Waals surface area contributed by atoms with E-state index >= 15 is 0 Å². The standard InChI is InChI=1S/C31H31N3O5/c1-20(22-6-4-3-5-7-22)39-31(37)33-29-28(17-32-34(29)2)26-14-10-24(11-15-26)23-8-12-25(13-9-23)27(30(35)36)16-21-18-38-19-21/h3-15,17,20-21,27H,16,18-19H2,1-2H3,(H,33,37)(H,35,36). The van der Waals surface area contributed by atoms with E-state index in [-0.39, 0.29) is 0 Å². The minimum absolute atomic E-state index is 0.305. The Morgan fingerprint density at radius 2 is 1.59 bits per heavy atom. The number of nitrogens with one attached hydrogen (secondary N) is 1. The quantitative estimate of drug-likeness (QED) is 0.267.